The Balaban J connectivity index is 2.78. The van der Waals surface area contributed by atoms with Crippen molar-refractivity contribution in [3.63, 3.8) is 0 Å². The van der Waals surface area contributed by atoms with Crippen LogP contribution in [0, 0.1) is 5.92 Å². The molecule has 0 fully saturated rings. The molecule has 1 rings (SSSR count). The van der Waals surface area contributed by atoms with Crippen LogP contribution in [0.4, 0.5) is 10.5 Å². The van der Waals surface area contributed by atoms with Gasteiger partial charge in [0, 0.05) is 12.2 Å². The fourth-order valence-electron chi connectivity index (χ4n) is 2.54. The molecule has 6 heteroatoms. The summed E-state index contributed by atoms with van der Waals surface area (Å²) in [5.41, 5.74) is 0.970. The lowest BCUT2D eigenvalue weighted by atomic mass is 10.0. The highest BCUT2D eigenvalue weighted by atomic mass is 16.6. The molecule has 0 aliphatic rings. The number of carbonyl (C=O) groups excluding carboxylic acids is 1. The van der Waals surface area contributed by atoms with Gasteiger partial charge in [0.05, 0.1) is 0 Å². The van der Waals surface area contributed by atoms with E-state index in [2.05, 4.69) is 5.32 Å². The molecule has 0 aromatic heterocycles. The third-order valence-electron chi connectivity index (χ3n) is 3.36. The van der Waals surface area contributed by atoms with Gasteiger partial charge in [-0.3, -0.25) is 15.0 Å². The van der Waals surface area contributed by atoms with E-state index in [-0.39, 0.29) is 5.92 Å². The Morgan fingerprint density at radius 2 is 1.92 bits per heavy atom. The Labute approximate surface area is 143 Å². The van der Waals surface area contributed by atoms with E-state index in [4.69, 9.17) is 4.74 Å². The standard InChI is InChI=1S/C18H28N2O4/c1-12(2)15(16(21)22)20(6)11-13-8-7-9-14(10-13)19-17(23)24-18(3,4)5/h7-10,12,15H,11H2,1-6H3,(H,19,23)(H,21,22)/t15-/m0/s1. The number of benzene rings is 1. The average Bonchev–Trinajstić information content (AvgIpc) is 2.35. The third-order valence-corrected chi connectivity index (χ3v) is 3.36. The number of nitrogens with zero attached hydrogens (tertiary/aromatic N) is 1. The quantitative estimate of drug-likeness (QED) is 0.830. The van der Waals surface area contributed by atoms with Crippen LogP contribution in [-0.4, -0.2) is 40.8 Å². The lowest BCUT2D eigenvalue weighted by molar-refractivity contribution is -0.144. The van der Waals surface area contributed by atoms with Gasteiger partial charge in [0.1, 0.15) is 11.6 Å². The van der Waals surface area contributed by atoms with Crippen LogP contribution in [0.15, 0.2) is 24.3 Å². The van der Waals surface area contributed by atoms with E-state index >= 15 is 0 Å². The molecule has 1 amide bonds. The maximum atomic E-state index is 11.8. The zero-order valence-electron chi connectivity index (χ0n) is 15.3. The summed E-state index contributed by atoms with van der Waals surface area (Å²) in [4.78, 5) is 25.0. The van der Waals surface area contributed by atoms with Gasteiger partial charge in [0.2, 0.25) is 0 Å². The molecular formula is C18H28N2O4. The Hall–Kier alpha value is -2.08. The maximum absolute atomic E-state index is 11.8. The van der Waals surface area contributed by atoms with Crippen LogP contribution in [0.3, 0.4) is 0 Å². The van der Waals surface area contributed by atoms with Crippen LogP contribution in [0.5, 0.6) is 0 Å². The number of hydrogen-bond donors (Lipinski definition) is 2. The van der Waals surface area contributed by atoms with Gasteiger partial charge < -0.3 is 9.84 Å². The van der Waals surface area contributed by atoms with Crippen LogP contribution in [0.2, 0.25) is 0 Å². The van der Waals surface area contributed by atoms with E-state index in [9.17, 15) is 14.7 Å². The smallest absolute Gasteiger partial charge is 0.412 e. The molecule has 1 aromatic carbocycles. The molecule has 134 valence electrons. The first-order chi connectivity index (χ1) is 11.0. The summed E-state index contributed by atoms with van der Waals surface area (Å²) in [6.07, 6.45) is -0.515. The van der Waals surface area contributed by atoms with Gasteiger partial charge in [-0.25, -0.2) is 4.79 Å². The lowest BCUT2D eigenvalue weighted by Gasteiger charge is -2.27. The van der Waals surface area contributed by atoms with Crippen molar-refractivity contribution in [3.8, 4) is 0 Å². The second-order valence-corrected chi connectivity index (χ2v) is 7.27. The largest absolute Gasteiger partial charge is 0.480 e. The van der Waals surface area contributed by atoms with Crippen molar-refractivity contribution in [2.45, 2.75) is 52.8 Å². The number of rotatable bonds is 6. The first-order valence-corrected chi connectivity index (χ1v) is 8.01. The van der Waals surface area contributed by atoms with E-state index in [0.29, 0.717) is 12.2 Å². The van der Waals surface area contributed by atoms with Gasteiger partial charge in [0.25, 0.3) is 0 Å². The van der Waals surface area contributed by atoms with Crippen molar-refractivity contribution < 1.29 is 19.4 Å². The van der Waals surface area contributed by atoms with Crippen molar-refractivity contribution >= 4 is 17.7 Å². The van der Waals surface area contributed by atoms with E-state index in [1.165, 1.54) is 0 Å². The van der Waals surface area contributed by atoms with Crippen molar-refractivity contribution in [1.82, 2.24) is 4.90 Å². The molecule has 0 heterocycles. The lowest BCUT2D eigenvalue weighted by Crippen LogP contribution is -2.41. The Morgan fingerprint density at radius 3 is 2.42 bits per heavy atom. The van der Waals surface area contributed by atoms with Crippen molar-refractivity contribution in [1.29, 1.82) is 0 Å². The summed E-state index contributed by atoms with van der Waals surface area (Å²) < 4.78 is 5.23. The molecule has 1 aromatic rings. The number of carboxylic acids is 1. The SMILES string of the molecule is CC(C)[C@@H](C(=O)O)N(C)Cc1cccc(NC(=O)OC(C)(C)C)c1. The highest BCUT2D eigenvalue weighted by Crippen LogP contribution is 2.17. The molecule has 0 aliphatic heterocycles. The predicted molar refractivity (Wildman–Crippen MR) is 94.0 cm³/mol. The van der Waals surface area contributed by atoms with Gasteiger partial charge in [-0.15, -0.1) is 0 Å². The normalized spacial score (nSPS) is 13.0. The van der Waals surface area contributed by atoms with Crippen molar-refractivity contribution in [2.24, 2.45) is 5.92 Å². The van der Waals surface area contributed by atoms with Gasteiger partial charge in [-0.2, -0.15) is 0 Å². The highest BCUT2D eigenvalue weighted by molar-refractivity contribution is 5.84. The Bertz CT molecular complexity index is 579. The number of ether oxygens (including phenoxy) is 1. The molecule has 24 heavy (non-hydrogen) atoms. The van der Waals surface area contributed by atoms with E-state index in [0.717, 1.165) is 5.56 Å². The van der Waals surface area contributed by atoms with Crippen molar-refractivity contribution in [2.75, 3.05) is 12.4 Å². The zero-order valence-corrected chi connectivity index (χ0v) is 15.3. The fraction of sp³-hybridized carbons (Fsp3) is 0.556. The highest BCUT2D eigenvalue weighted by Gasteiger charge is 2.26. The molecule has 0 spiro atoms. The van der Waals surface area contributed by atoms with Crippen LogP contribution in [0.1, 0.15) is 40.2 Å². The molecule has 0 bridgehead atoms. The third kappa shape index (κ3) is 6.58. The van der Waals surface area contributed by atoms with Gasteiger partial charge in [-0.1, -0.05) is 26.0 Å². The molecule has 6 nitrogen and oxygen atoms in total. The summed E-state index contributed by atoms with van der Waals surface area (Å²) >= 11 is 0. The number of aliphatic carboxylic acids is 1. The van der Waals surface area contributed by atoms with Crippen LogP contribution < -0.4 is 5.32 Å². The predicted octanol–water partition coefficient (Wildman–Crippen LogP) is 3.57. The van der Waals surface area contributed by atoms with E-state index < -0.39 is 23.7 Å². The second kappa shape index (κ2) is 8.15. The van der Waals surface area contributed by atoms with Crippen LogP contribution in [-0.2, 0) is 16.1 Å². The second-order valence-electron chi connectivity index (χ2n) is 7.27. The van der Waals surface area contributed by atoms with Crippen molar-refractivity contribution in [3.05, 3.63) is 29.8 Å². The summed E-state index contributed by atoms with van der Waals surface area (Å²) in [5, 5.41) is 12.0. The van der Waals surface area contributed by atoms with E-state index in [1.54, 1.807) is 38.8 Å². The minimum absolute atomic E-state index is 0.00410. The molecule has 0 aliphatic carbocycles. The minimum atomic E-state index is -0.837. The van der Waals surface area contributed by atoms with Crippen LogP contribution in [0.25, 0.3) is 0 Å². The maximum Gasteiger partial charge on any atom is 0.412 e. The topological polar surface area (TPSA) is 78.9 Å². The number of carbonyl (C=O) groups is 2. The average molecular weight is 336 g/mol. The molecular weight excluding hydrogens is 308 g/mol. The minimum Gasteiger partial charge on any atom is -0.480 e. The monoisotopic (exact) mass is 336 g/mol. The molecule has 0 unspecified atom stereocenters. The first kappa shape index (κ1) is 20.0. The summed E-state index contributed by atoms with van der Waals surface area (Å²) in [6.45, 7) is 9.65. The summed E-state index contributed by atoms with van der Waals surface area (Å²) in [6, 6.07) is 6.74. The van der Waals surface area contributed by atoms with Gasteiger partial charge >= 0.3 is 12.1 Å². The fourth-order valence-corrected chi connectivity index (χ4v) is 2.54. The first-order valence-electron chi connectivity index (χ1n) is 8.01. The summed E-state index contributed by atoms with van der Waals surface area (Å²) in [7, 11) is 1.78. The molecule has 0 saturated heterocycles. The number of likely N-dealkylation sites (N-methyl/N-ethyl adjacent to an activating group) is 1. The molecule has 1 atom stereocenters. The van der Waals surface area contributed by atoms with Crippen LogP contribution >= 0.6 is 0 Å². The number of nitrogens with one attached hydrogen (secondary N) is 1. The van der Waals surface area contributed by atoms with Gasteiger partial charge in [0.15, 0.2) is 0 Å². The summed E-state index contributed by atoms with van der Waals surface area (Å²) in [5.74, 6) is -0.842. The number of carboxylic acid groups (broad SMARTS) is 1. The van der Waals surface area contributed by atoms with Gasteiger partial charge in [-0.05, 0) is 51.4 Å². The number of amides is 1. The zero-order chi connectivity index (χ0) is 18.5. The molecule has 0 radical (unpaired) electrons. The number of hydrogen-bond acceptors (Lipinski definition) is 4. The molecule has 2 N–H and O–H groups in total. The van der Waals surface area contributed by atoms with E-state index in [1.807, 2.05) is 32.0 Å². The number of anilines is 1. The molecule has 0 saturated carbocycles. The Kier molecular flexibility index (Phi) is 6.78. The Morgan fingerprint density at radius 1 is 1.29 bits per heavy atom.